The zero-order chi connectivity index (χ0) is 20.1. The molecule has 0 bridgehead atoms. The molecule has 1 amide bonds. The van der Waals surface area contributed by atoms with Crippen molar-refractivity contribution in [3.63, 3.8) is 0 Å². The first-order valence-electron chi connectivity index (χ1n) is 10.3. The number of fused-ring (bicyclic) bond motifs is 2. The summed E-state index contributed by atoms with van der Waals surface area (Å²) in [5, 5.41) is 4.00. The number of carbonyl (C=O) groups is 1. The van der Waals surface area contributed by atoms with E-state index in [9.17, 15) is 9.18 Å². The van der Waals surface area contributed by atoms with E-state index in [2.05, 4.69) is 22.4 Å². The lowest BCUT2D eigenvalue weighted by Crippen LogP contribution is -2.41. The van der Waals surface area contributed by atoms with Crippen LogP contribution in [-0.2, 0) is 4.79 Å². The fourth-order valence-corrected chi connectivity index (χ4v) is 5.01. The number of halogens is 1. The predicted molar refractivity (Wildman–Crippen MR) is 110 cm³/mol. The number of nitrogens with zero attached hydrogens (tertiary/aromatic N) is 1. The highest BCUT2D eigenvalue weighted by Crippen LogP contribution is 2.53. The Labute approximate surface area is 166 Å². The molecule has 0 saturated heterocycles. The quantitative estimate of drug-likeness (QED) is 0.725. The Morgan fingerprint density at radius 1 is 1.25 bits per heavy atom. The Hall–Kier alpha value is -2.23. The molecule has 1 heterocycles. The van der Waals surface area contributed by atoms with Crippen molar-refractivity contribution in [2.45, 2.75) is 58.9 Å². The van der Waals surface area contributed by atoms with Gasteiger partial charge in [-0.25, -0.2) is 4.39 Å². The second-order valence-corrected chi connectivity index (χ2v) is 9.30. The number of pyridine rings is 1. The minimum Gasteiger partial charge on any atom is -0.353 e. The lowest BCUT2D eigenvalue weighted by Gasteiger charge is -2.27. The molecule has 2 aromatic rings. The van der Waals surface area contributed by atoms with Crippen LogP contribution in [0.5, 0.6) is 0 Å². The van der Waals surface area contributed by atoms with Crippen LogP contribution in [0.25, 0.3) is 10.9 Å². The van der Waals surface area contributed by atoms with Crippen LogP contribution in [0.3, 0.4) is 0 Å². The molecule has 0 spiro atoms. The number of benzene rings is 1. The van der Waals surface area contributed by atoms with Crippen LogP contribution < -0.4 is 5.32 Å². The summed E-state index contributed by atoms with van der Waals surface area (Å²) in [6.45, 7) is 8.07. The second-order valence-electron chi connectivity index (χ2n) is 9.30. The van der Waals surface area contributed by atoms with E-state index >= 15 is 0 Å². The number of aromatic nitrogens is 1. The van der Waals surface area contributed by atoms with Gasteiger partial charge in [-0.3, -0.25) is 9.78 Å². The van der Waals surface area contributed by atoms with Gasteiger partial charge in [0.15, 0.2) is 0 Å². The molecule has 2 aliphatic carbocycles. The maximum Gasteiger partial charge on any atom is 0.229 e. The summed E-state index contributed by atoms with van der Waals surface area (Å²) in [6.07, 6.45) is 7.32. The van der Waals surface area contributed by atoms with Crippen molar-refractivity contribution in [1.82, 2.24) is 10.3 Å². The lowest BCUT2D eigenvalue weighted by atomic mass is 9.80. The fourth-order valence-electron chi connectivity index (χ4n) is 5.01. The molecule has 2 aliphatic rings. The van der Waals surface area contributed by atoms with E-state index in [0.29, 0.717) is 17.8 Å². The molecule has 1 aromatic carbocycles. The van der Waals surface area contributed by atoms with Crippen LogP contribution in [0.15, 0.2) is 42.1 Å². The molecule has 1 N–H and O–H groups in total. The van der Waals surface area contributed by atoms with Gasteiger partial charge in [-0.1, -0.05) is 11.6 Å². The third-order valence-electron chi connectivity index (χ3n) is 6.61. The van der Waals surface area contributed by atoms with Gasteiger partial charge in [-0.15, -0.1) is 0 Å². The number of allylic oxidation sites excluding steroid dienone is 1. The van der Waals surface area contributed by atoms with Crippen molar-refractivity contribution in [2.75, 3.05) is 0 Å². The Morgan fingerprint density at radius 2 is 2.04 bits per heavy atom. The molecule has 148 valence electrons. The highest BCUT2D eigenvalue weighted by Gasteiger charge is 2.43. The normalized spacial score (nSPS) is 24.5. The van der Waals surface area contributed by atoms with Gasteiger partial charge in [-0.05, 0) is 94.5 Å². The van der Waals surface area contributed by atoms with Crippen molar-refractivity contribution >= 4 is 16.8 Å². The van der Waals surface area contributed by atoms with E-state index in [1.165, 1.54) is 17.2 Å². The summed E-state index contributed by atoms with van der Waals surface area (Å²) in [5.74, 6) is 1.40. The molecular weight excluding hydrogens is 351 g/mol. The summed E-state index contributed by atoms with van der Waals surface area (Å²) in [4.78, 5) is 17.0. The first kappa shape index (κ1) is 19.1. The molecular formula is C24H29FN2O. The van der Waals surface area contributed by atoms with Gasteiger partial charge in [0.25, 0.3) is 0 Å². The topological polar surface area (TPSA) is 42.0 Å². The van der Waals surface area contributed by atoms with Crippen molar-refractivity contribution in [2.24, 2.45) is 17.3 Å². The van der Waals surface area contributed by atoms with Crippen LogP contribution in [0, 0.1) is 23.1 Å². The molecule has 1 aromatic heterocycles. The summed E-state index contributed by atoms with van der Waals surface area (Å²) < 4.78 is 13.8. The van der Waals surface area contributed by atoms with Gasteiger partial charge in [0.05, 0.1) is 10.9 Å². The van der Waals surface area contributed by atoms with Crippen molar-refractivity contribution < 1.29 is 9.18 Å². The first-order chi connectivity index (χ1) is 13.3. The molecule has 28 heavy (non-hydrogen) atoms. The zero-order valence-corrected chi connectivity index (χ0v) is 17.1. The lowest BCUT2D eigenvalue weighted by molar-refractivity contribution is -0.128. The van der Waals surface area contributed by atoms with Crippen molar-refractivity contribution in [3.05, 3.63) is 53.5 Å². The second kappa shape index (κ2) is 6.98. The monoisotopic (exact) mass is 380 g/mol. The molecule has 1 saturated carbocycles. The Kier molecular flexibility index (Phi) is 4.76. The van der Waals surface area contributed by atoms with Crippen LogP contribution in [0.1, 0.15) is 58.4 Å². The maximum atomic E-state index is 13.8. The van der Waals surface area contributed by atoms with E-state index in [0.717, 1.165) is 30.2 Å². The minimum absolute atomic E-state index is 0.112. The smallest absolute Gasteiger partial charge is 0.229 e. The third kappa shape index (κ3) is 3.34. The van der Waals surface area contributed by atoms with Crippen LogP contribution in [0.4, 0.5) is 4.39 Å². The Morgan fingerprint density at radius 3 is 2.75 bits per heavy atom. The standard InChI is InChI=1S/C24H29FN2O/c1-14(2)27-23(28)24(3,4)18-11-15-9-17(10-16(15)12-18)20-7-8-26-22-6-5-19(25)13-21(20)22/h5-8,11,13-17H,9-10,12H2,1-4H3,(H,27,28)/t15-,16+,17-/m1/s1. The summed E-state index contributed by atoms with van der Waals surface area (Å²) in [6, 6.07) is 7.06. The van der Waals surface area contributed by atoms with E-state index in [-0.39, 0.29) is 17.8 Å². The fraction of sp³-hybridized carbons (Fsp3) is 0.500. The molecule has 0 unspecified atom stereocenters. The number of amides is 1. The van der Waals surface area contributed by atoms with E-state index in [1.807, 2.05) is 33.9 Å². The van der Waals surface area contributed by atoms with E-state index < -0.39 is 5.41 Å². The van der Waals surface area contributed by atoms with Crippen LogP contribution in [-0.4, -0.2) is 16.9 Å². The largest absolute Gasteiger partial charge is 0.353 e. The molecule has 0 radical (unpaired) electrons. The average Bonchev–Trinajstić information content (AvgIpc) is 3.20. The van der Waals surface area contributed by atoms with Crippen LogP contribution >= 0.6 is 0 Å². The maximum absolute atomic E-state index is 13.8. The number of carbonyl (C=O) groups excluding carboxylic acids is 1. The van der Waals surface area contributed by atoms with Gasteiger partial charge in [0.2, 0.25) is 5.91 Å². The van der Waals surface area contributed by atoms with Crippen molar-refractivity contribution in [1.29, 1.82) is 0 Å². The Balaban J connectivity index is 1.55. The number of nitrogens with one attached hydrogen (secondary N) is 1. The number of hydrogen-bond donors (Lipinski definition) is 1. The minimum atomic E-state index is -0.462. The van der Waals surface area contributed by atoms with E-state index in [1.54, 1.807) is 12.1 Å². The van der Waals surface area contributed by atoms with Gasteiger partial charge >= 0.3 is 0 Å². The van der Waals surface area contributed by atoms with Gasteiger partial charge in [-0.2, -0.15) is 0 Å². The van der Waals surface area contributed by atoms with Gasteiger partial charge in [0.1, 0.15) is 5.82 Å². The summed E-state index contributed by atoms with van der Waals surface area (Å²) in [5.41, 5.74) is 2.88. The average molecular weight is 381 g/mol. The molecule has 4 heteroatoms. The summed E-state index contributed by atoms with van der Waals surface area (Å²) >= 11 is 0. The number of hydrogen-bond acceptors (Lipinski definition) is 2. The molecule has 0 aliphatic heterocycles. The predicted octanol–water partition coefficient (Wildman–Crippen LogP) is 5.36. The molecule has 3 nitrogen and oxygen atoms in total. The highest BCUT2D eigenvalue weighted by atomic mass is 19.1. The third-order valence-corrected chi connectivity index (χ3v) is 6.61. The first-order valence-corrected chi connectivity index (χ1v) is 10.3. The SMILES string of the molecule is CC(C)NC(=O)C(C)(C)C1=C[C@H]2C[C@@H](c3ccnc4ccc(F)cc34)C[C@H]2C1. The van der Waals surface area contributed by atoms with E-state index in [4.69, 9.17) is 0 Å². The molecule has 4 rings (SSSR count). The van der Waals surface area contributed by atoms with Crippen LogP contribution in [0.2, 0.25) is 0 Å². The zero-order valence-electron chi connectivity index (χ0n) is 17.1. The van der Waals surface area contributed by atoms with Gasteiger partial charge in [0, 0.05) is 17.6 Å². The highest BCUT2D eigenvalue weighted by molar-refractivity contribution is 5.85. The van der Waals surface area contributed by atoms with Crippen molar-refractivity contribution in [3.8, 4) is 0 Å². The number of rotatable bonds is 4. The molecule has 1 fully saturated rings. The Bertz CT molecular complexity index is 947. The molecule has 3 atom stereocenters. The summed E-state index contributed by atoms with van der Waals surface area (Å²) in [7, 11) is 0. The van der Waals surface area contributed by atoms with Gasteiger partial charge < -0.3 is 5.32 Å².